The van der Waals surface area contributed by atoms with Crippen LogP contribution in [-0.4, -0.2) is 11.8 Å². The van der Waals surface area contributed by atoms with Gasteiger partial charge in [-0.15, -0.1) is 6.58 Å². The summed E-state index contributed by atoms with van der Waals surface area (Å²) < 4.78 is 0. The van der Waals surface area contributed by atoms with Crippen LogP contribution in [0.3, 0.4) is 0 Å². The normalized spacial score (nSPS) is 12.4. The molecule has 0 radical (unpaired) electrons. The van der Waals surface area contributed by atoms with Gasteiger partial charge in [-0.05, 0) is 25.7 Å². The van der Waals surface area contributed by atoms with Gasteiger partial charge in [0.25, 0.3) is 0 Å². The lowest BCUT2D eigenvalue weighted by molar-refractivity contribution is -0.120. The van der Waals surface area contributed by atoms with Crippen molar-refractivity contribution in [2.75, 3.05) is 0 Å². The zero-order valence-electron chi connectivity index (χ0n) is 10.0. The fourth-order valence-electron chi connectivity index (χ4n) is 1.54. The number of unbranched alkanes of at least 4 members (excludes halogenated alkanes) is 4. The van der Waals surface area contributed by atoms with Crippen LogP contribution in [-0.2, 0) is 4.79 Å². The predicted molar refractivity (Wildman–Crippen MR) is 65.8 cm³/mol. The van der Waals surface area contributed by atoms with Crippen molar-refractivity contribution in [3.63, 3.8) is 0 Å². The average Bonchev–Trinajstić information content (AvgIpc) is 2.25. The number of carbonyl (C=O) groups excluding carboxylic acids is 1. The zero-order valence-corrected chi connectivity index (χ0v) is 10.0. The molecule has 15 heavy (non-hydrogen) atoms. The number of hydrogen-bond acceptors (Lipinski definition) is 2. The van der Waals surface area contributed by atoms with Gasteiger partial charge in [0.05, 0.1) is 6.04 Å². The molecule has 0 amide bonds. The molecule has 0 aliphatic rings. The monoisotopic (exact) mass is 211 g/mol. The third-order valence-corrected chi connectivity index (χ3v) is 2.61. The van der Waals surface area contributed by atoms with Gasteiger partial charge < -0.3 is 5.73 Å². The molecule has 1 unspecified atom stereocenters. The van der Waals surface area contributed by atoms with Crippen LogP contribution in [0, 0.1) is 0 Å². The number of rotatable bonds is 10. The molecule has 0 aromatic rings. The molecule has 88 valence electrons. The molecule has 0 fully saturated rings. The smallest absolute Gasteiger partial charge is 0.149 e. The van der Waals surface area contributed by atoms with Gasteiger partial charge in [0.2, 0.25) is 0 Å². The van der Waals surface area contributed by atoms with Crippen molar-refractivity contribution >= 4 is 5.78 Å². The van der Waals surface area contributed by atoms with Crippen molar-refractivity contribution in [1.82, 2.24) is 0 Å². The molecular weight excluding hydrogens is 186 g/mol. The van der Waals surface area contributed by atoms with Crippen LogP contribution in [0.2, 0.25) is 0 Å². The summed E-state index contributed by atoms with van der Waals surface area (Å²) >= 11 is 0. The van der Waals surface area contributed by atoms with Crippen molar-refractivity contribution in [3.8, 4) is 0 Å². The second kappa shape index (κ2) is 9.91. The van der Waals surface area contributed by atoms with Gasteiger partial charge in [-0.25, -0.2) is 0 Å². The maximum absolute atomic E-state index is 11.5. The van der Waals surface area contributed by atoms with Gasteiger partial charge in [0, 0.05) is 6.42 Å². The molecule has 0 spiro atoms. The van der Waals surface area contributed by atoms with E-state index in [1.165, 1.54) is 0 Å². The third-order valence-electron chi connectivity index (χ3n) is 2.61. The highest BCUT2D eigenvalue weighted by atomic mass is 16.1. The summed E-state index contributed by atoms with van der Waals surface area (Å²) in [6.07, 6.45) is 9.88. The number of carbonyl (C=O) groups is 1. The number of allylic oxidation sites excluding steroid dienone is 1. The first-order valence-corrected chi connectivity index (χ1v) is 6.11. The molecule has 2 heteroatoms. The van der Waals surface area contributed by atoms with Crippen LogP contribution in [0.25, 0.3) is 0 Å². The SMILES string of the molecule is C=CCCCCCC(=O)C(N)CCCC. The van der Waals surface area contributed by atoms with Crippen LogP contribution < -0.4 is 5.73 Å². The maximum atomic E-state index is 11.5. The standard InChI is InChI=1S/C13H25NO/c1-3-5-7-8-9-11-13(15)12(14)10-6-4-2/h3,12H,1,4-11,14H2,2H3. The average molecular weight is 211 g/mol. The Kier molecular flexibility index (Phi) is 9.49. The Bertz CT molecular complexity index is 177. The first-order valence-electron chi connectivity index (χ1n) is 6.11. The van der Waals surface area contributed by atoms with E-state index >= 15 is 0 Å². The highest BCUT2D eigenvalue weighted by Gasteiger charge is 2.11. The quantitative estimate of drug-likeness (QED) is 0.445. The largest absolute Gasteiger partial charge is 0.322 e. The fraction of sp³-hybridized carbons (Fsp3) is 0.769. The molecule has 1 atom stereocenters. The lowest BCUT2D eigenvalue weighted by Gasteiger charge is -2.09. The maximum Gasteiger partial charge on any atom is 0.149 e. The van der Waals surface area contributed by atoms with Gasteiger partial charge >= 0.3 is 0 Å². The summed E-state index contributed by atoms with van der Waals surface area (Å²) in [6, 6.07) is -0.218. The Balaban J connectivity index is 3.42. The molecule has 0 aliphatic carbocycles. The molecule has 0 aromatic heterocycles. The summed E-state index contributed by atoms with van der Waals surface area (Å²) in [5, 5.41) is 0. The van der Waals surface area contributed by atoms with E-state index in [9.17, 15) is 4.79 Å². The minimum Gasteiger partial charge on any atom is -0.322 e. The Morgan fingerprint density at radius 3 is 2.67 bits per heavy atom. The summed E-state index contributed by atoms with van der Waals surface area (Å²) in [5.74, 6) is 0.238. The van der Waals surface area contributed by atoms with Crippen molar-refractivity contribution < 1.29 is 4.79 Å². The van der Waals surface area contributed by atoms with E-state index in [2.05, 4.69) is 13.5 Å². The molecule has 0 aliphatic heterocycles. The lowest BCUT2D eigenvalue weighted by atomic mass is 10.0. The van der Waals surface area contributed by atoms with Gasteiger partial charge in [-0.2, -0.15) is 0 Å². The first-order chi connectivity index (χ1) is 7.22. The van der Waals surface area contributed by atoms with Crippen molar-refractivity contribution in [1.29, 1.82) is 0 Å². The highest BCUT2D eigenvalue weighted by Crippen LogP contribution is 2.07. The summed E-state index contributed by atoms with van der Waals surface area (Å²) in [4.78, 5) is 11.5. The van der Waals surface area contributed by atoms with Crippen molar-refractivity contribution in [3.05, 3.63) is 12.7 Å². The second-order valence-corrected chi connectivity index (χ2v) is 4.10. The Labute approximate surface area is 93.9 Å². The lowest BCUT2D eigenvalue weighted by Crippen LogP contribution is -2.30. The number of nitrogens with two attached hydrogens (primary N) is 1. The summed E-state index contributed by atoms with van der Waals surface area (Å²) in [6.45, 7) is 5.79. The van der Waals surface area contributed by atoms with Crippen LogP contribution in [0.15, 0.2) is 12.7 Å². The van der Waals surface area contributed by atoms with Crippen LogP contribution in [0.5, 0.6) is 0 Å². The van der Waals surface area contributed by atoms with E-state index in [1.807, 2.05) is 6.08 Å². The van der Waals surface area contributed by atoms with Crippen LogP contribution >= 0.6 is 0 Å². The van der Waals surface area contributed by atoms with E-state index in [0.29, 0.717) is 6.42 Å². The van der Waals surface area contributed by atoms with E-state index in [1.54, 1.807) is 0 Å². The second-order valence-electron chi connectivity index (χ2n) is 4.10. The van der Waals surface area contributed by atoms with Crippen molar-refractivity contribution in [2.24, 2.45) is 5.73 Å². The molecule has 0 aromatic carbocycles. The van der Waals surface area contributed by atoms with E-state index in [0.717, 1.165) is 44.9 Å². The van der Waals surface area contributed by atoms with Gasteiger partial charge in [0.15, 0.2) is 0 Å². The molecule has 0 saturated carbocycles. The molecule has 2 nitrogen and oxygen atoms in total. The minimum atomic E-state index is -0.218. The summed E-state index contributed by atoms with van der Waals surface area (Å²) in [7, 11) is 0. The van der Waals surface area contributed by atoms with E-state index in [-0.39, 0.29) is 11.8 Å². The molecule has 0 heterocycles. The number of Topliss-reactive ketones (excluding diaryl/α,β-unsaturated/α-hetero) is 1. The zero-order chi connectivity index (χ0) is 11.5. The number of hydrogen-bond donors (Lipinski definition) is 1. The highest BCUT2D eigenvalue weighted by molar-refractivity contribution is 5.83. The van der Waals surface area contributed by atoms with E-state index in [4.69, 9.17) is 5.73 Å². The Hall–Kier alpha value is -0.630. The van der Waals surface area contributed by atoms with Crippen LogP contribution in [0.4, 0.5) is 0 Å². The third kappa shape index (κ3) is 8.37. The van der Waals surface area contributed by atoms with Crippen molar-refractivity contribution in [2.45, 2.75) is 64.3 Å². The Morgan fingerprint density at radius 1 is 1.33 bits per heavy atom. The molecule has 0 saturated heterocycles. The molecule has 2 N–H and O–H groups in total. The molecule has 0 rings (SSSR count). The van der Waals surface area contributed by atoms with Crippen LogP contribution in [0.1, 0.15) is 58.3 Å². The fourth-order valence-corrected chi connectivity index (χ4v) is 1.54. The molecular formula is C13H25NO. The predicted octanol–water partition coefficient (Wildman–Crippen LogP) is 3.21. The number of ketones is 1. The minimum absolute atomic E-state index is 0.218. The van der Waals surface area contributed by atoms with Gasteiger partial charge in [-0.1, -0.05) is 32.3 Å². The first kappa shape index (κ1) is 14.4. The topological polar surface area (TPSA) is 43.1 Å². The van der Waals surface area contributed by atoms with Gasteiger partial charge in [0.1, 0.15) is 5.78 Å². The van der Waals surface area contributed by atoms with E-state index < -0.39 is 0 Å². The van der Waals surface area contributed by atoms with Gasteiger partial charge in [-0.3, -0.25) is 4.79 Å². The molecule has 0 bridgehead atoms. The Morgan fingerprint density at radius 2 is 2.07 bits per heavy atom. The summed E-state index contributed by atoms with van der Waals surface area (Å²) in [5.41, 5.74) is 5.78.